The van der Waals surface area contributed by atoms with E-state index in [0.717, 1.165) is 6.42 Å². The molecule has 0 saturated carbocycles. The van der Waals surface area contributed by atoms with Crippen LogP contribution in [0.4, 0.5) is 0 Å². The Morgan fingerprint density at radius 3 is 2.79 bits per heavy atom. The zero-order valence-electron chi connectivity index (χ0n) is 21.7. The zero-order valence-corrected chi connectivity index (χ0v) is 21.7. The van der Waals surface area contributed by atoms with Crippen LogP contribution in [0.2, 0.25) is 5.82 Å². The topological polar surface area (TPSA) is 177 Å². The second-order valence-corrected chi connectivity index (χ2v) is 11.1. The van der Waals surface area contributed by atoms with Gasteiger partial charge in [-0.25, -0.2) is 9.48 Å². The predicted molar refractivity (Wildman–Crippen MR) is 134 cm³/mol. The van der Waals surface area contributed by atoms with Crippen molar-refractivity contribution in [1.82, 2.24) is 35.3 Å². The first-order valence-corrected chi connectivity index (χ1v) is 13.3. The van der Waals surface area contributed by atoms with Gasteiger partial charge in [-0.1, -0.05) is 19.3 Å². The van der Waals surface area contributed by atoms with Crippen LogP contribution in [0, 0.1) is 17.8 Å². The highest BCUT2D eigenvalue weighted by Gasteiger charge is 2.59. The Morgan fingerprint density at radius 1 is 1.34 bits per heavy atom. The number of carboxylic acid groups (broad SMARTS) is 1. The van der Waals surface area contributed by atoms with Gasteiger partial charge in [-0.15, -0.1) is 5.10 Å². The number of β-lactam (4-membered cyclic amide) rings is 1. The molecule has 4 aliphatic rings. The van der Waals surface area contributed by atoms with E-state index in [0.29, 0.717) is 38.1 Å². The summed E-state index contributed by atoms with van der Waals surface area (Å²) in [5.74, 6) is -2.17. The van der Waals surface area contributed by atoms with Gasteiger partial charge in [-0.2, -0.15) is 0 Å². The highest BCUT2D eigenvalue weighted by atomic mass is 16.4. The van der Waals surface area contributed by atoms with Gasteiger partial charge in [0.15, 0.2) is 7.28 Å². The molecule has 13 nitrogen and oxygen atoms in total. The monoisotopic (exact) mass is 525 g/mol. The molecule has 7 atom stereocenters. The first-order valence-electron chi connectivity index (χ1n) is 13.3. The summed E-state index contributed by atoms with van der Waals surface area (Å²) in [5, 5.41) is 24.2. The van der Waals surface area contributed by atoms with E-state index in [2.05, 4.69) is 20.8 Å². The van der Waals surface area contributed by atoms with Crippen LogP contribution in [0.5, 0.6) is 0 Å². The lowest BCUT2D eigenvalue weighted by Crippen LogP contribution is -2.62. The minimum Gasteiger partial charge on any atom is -0.477 e. The van der Waals surface area contributed by atoms with Gasteiger partial charge >= 0.3 is 5.97 Å². The molecule has 203 valence electrons. The molecule has 0 spiro atoms. The van der Waals surface area contributed by atoms with Gasteiger partial charge < -0.3 is 26.0 Å². The lowest BCUT2D eigenvalue weighted by atomic mass is 9.53. The average Bonchev–Trinajstić information content (AvgIpc) is 3.66. The zero-order chi connectivity index (χ0) is 27.1. The van der Waals surface area contributed by atoms with Crippen molar-refractivity contribution in [2.24, 2.45) is 23.5 Å². The van der Waals surface area contributed by atoms with Crippen molar-refractivity contribution in [1.29, 1.82) is 0 Å². The Labute approximate surface area is 221 Å². The van der Waals surface area contributed by atoms with E-state index in [1.165, 1.54) is 15.9 Å². The molecular weight excluding hydrogens is 491 g/mol. The van der Waals surface area contributed by atoms with Gasteiger partial charge in [0.2, 0.25) is 11.8 Å². The number of carbonyl (C=O) groups is 4. The minimum atomic E-state index is -1.13. The number of Topliss-reactive ketones (excluding diaryl/α,β-unsaturated/α-hetero) is 1. The second kappa shape index (κ2) is 10.6. The van der Waals surface area contributed by atoms with E-state index < -0.39 is 11.9 Å². The van der Waals surface area contributed by atoms with Gasteiger partial charge in [-0.05, 0) is 47.5 Å². The maximum atomic E-state index is 13.2. The largest absolute Gasteiger partial charge is 0.477 e. The normalized spacial score (nSPS) is 31.4. The molecule has 3 saturated heterocycles. The van der Waals surface area contributed by atoms with Crippen molar-refractivity contribution in [3.05, 3.63) is 17.5 Å². The highest BCUT2D eigenvalue weighted by Crippen LogP contribution is 2.49. The Morgan fingerprint density at radius 2 is 2.13 bits per heavy atom. The van der Waals surface area contributed by atoms with E-state index in [1.54, 1.807) is 4.90 Å². The summed E-state index contributed by atoms with van der Waals surface area (Å²) < 4.78 is 1.49. The number of amides is 2. The molecular formula is C24H34BN8O5. The number of carbonyl (C=O) groups excluding carboxylic acids is 3. The number of tetrazole rings is 1. The fourth-order valence-corrected chi connectivity index (χ4v) is 6.55. The molecule has 0 aromatic carbocycles. The molecule has 2 amide bonds. The van der Waals surface area contributed by atoms with E-state index in [9.17, 15) is 24.3 Å². The number of ketones is 1. The molecule has 38 heavy (non-hydrogen) atoms. The standard InChI is InChI=1S/C24H34BN8O5/c1-12(7-16(34)4-6-32-11-28-29-30-32)18-20-13(2)19(21(24(37)38)33(20)23(18)36)25-14-8-17(27-9-14)22(35)31-5-3-15(26)10-31/h11-15,17-18,20,27H,3-10,26H2,1-2H3,(H,37,38)/t12-,13-,14?,15-,17?,18+,20-/m0/s1. The smallest absolute Gasteiger partial charge is 0.351 e. The van der Waals surface area contributed by atoms with E-state index in [4.69, 9.17) is 5.73 Å². The van der Waals surface area contributed by atoms with Gasteiger partial charge in [0.05, 0.1) is 24.5 Å². The molecule has 5 heterocycles. The Balaban J connectivity index is 1.21. The molecule has 4 N–H and O–H groups in total. The van der Waals surface area contributed by atoms with Crippen LogP contribution < -0.4 is 11.1 Å². The molecule has 1 aromatic rings. The molecule has 1 aromatic heterocycles. The maximum Gasteiger partial charge on any atom is 0.351 e. The number of rotatable bonds is 10. The summed E-state index contributed by atoms with van der Waals surface area (Å²) in [5.41, 5.74) is 6.62. The molecule has 0 aliphatic carbocycles. The van der Waals surface area contributed by atoms with Crippen molar-refractivity contribution < 1.29 is 24.3 Å². The van der Waals surface area contributed by atoms with Crippen LogP contribution in [-0.2, 0) is 25.7 Å². The third-order valence-corrected chi connectivity index (χ3v) is 8.50. The summed E-state index contributed by atoms with van der Waals surface area (Å²) in [6.45, 7) is 5.99. The van der Waals surface area contributed by atoms with Gasteiger partial charge in [0.25, 0.3) is 0 Å². The first kappa shape index (κ1) is 26.5. The third kappa shape index (κ3) is 4.86. The summed E-state index contributed by atoms with van der Waals surface area (Å²) in [6.07, 6.45) is 3.31. The molecule has 14 heteroatoms. The summed E-state index contributed by atoms with van der Waals surface area (Å²) >= 11 is 0. The van der Waals surface area contributed by atoms with Gasteiger partial charge in [0, 0.05) is 32.0 Å². The number of nitrogens with one attached hydrogen (secondary N) is 1. The van der Waals surface area contributed by atoms with Crippen molar-refractivity contribution in [2.75, 3.05) is 19.6 Å². The number of likely N-dealkylation sites (tertiary alicyclic amines) is 1. The van der Waals surface area contributed by atoms with E-state index in [1.807, 2.05) is 21.1 Å². The number of aryl methyl sites for hydroxylation is 1. The lowest BCUT2D eigenvalue weighted by Gasteiger charge is -2.48. The molecule has 0 bridgehead atoms. The van der Waals surface area contributed by atoms with E-state index >= 15 is 0 Å². The Hall–Kier alpha value is -3.13. The fourth-order valence-electron chi connectivity index (χ4n) is 6.55. The minimum absolute atomic E-state index is 0.00907. The molecule has 1 radical (unpaired) electrons. The third-order valence-electron chi connectivity index (χ3n) is 8.50. The van der Waals surface area contributed by atoms with Crippen molar-refractivity contribution in [3.8, 4) is 0 Å². The van der Waals surface area contributed by atoms with Crippen LogP contribution >= 0.6 is 0 Å². The molecule has 3 fully saturated rings. The Bertz CT molecular complexity index is 1140. The van der Waals surface area contributed by atoms with Crippen LogP contribution in [-0.4, -0.2) is 104 Å². The molecule has 4 aliphatic heterocycles. The number of hydrogen-bond acceptors (Lipinski definition) is 9. The maximum absolute atomic E-state index is 13.2. The van der Waals surface area contributed by atoms with Crippen LogP contribution in [0.15, 0.2) is 17.5 Å². The first-order chi connectivity index (χ1) is 18.2. The molecule has 5 rings (SSSR count). The molecule has 2 unspecified atom stereocenters. The van der Waals surface area contributed by atoms with E-state index in [-0.39, 0.29) is 71.9 Å². The highest BCUT2D eigenvalue weighted by molar-refractivity contribution is 6.49. The SMILES string of the molecule is C[C@@H](CC(=O)CCn1cnnn1)[C@H]1C(=O)N2C(C(=O)O)=C([B]C3CNC(C(=O)N4CC[C@H](N)C4)C3)[C@H](C)[C@@H]12. The number of aromatic nitrogens is 4. The number of hydrogen-bond donors (Lipinski definition) is 3. The van der Waals surface area contributed by atoms with Crippen molar-refractivity contribution in [2.45, 2.75) is 70.0 Å². The lowest BCUT2D eigenvalue weighted by molar-refractivity contribution is -0.160. The number of carboxylic acids is 1. The predicted octanol–water partition coefficient (Wildman–Crippen LogP) is -1.15. The average molecular weight is 525 g/mol. The number of fused-ring (bicyclic) bond motifs is 1. The second-order valence-electron chi connectivity index (χ2n) is 11.1. The van der Waals surface area contributed by atoms with Gasteiger partial charge in [0.1, 0.15) is 17.8 Å². The Kier molecular flexibility index (Phi) is 7.36. The quantitative estimate of drug-likeness (QED) is 0.250. The van der Waals surface area contributed by atoms with Crippen LogP contribution in [0.3, 0.4) is 0 Å². The number of aliphatic carboxylic acids is 1. The van der Waals surface area contributed by atoms with Crippen molar-refractivity contribution in [3.63, 3.8) is 0 Å². The summed E-state index contributed by atoms with van der Waals surface area (Å²) in [7, 11) is 1.94. The van der Waals surface area contributed by atoms with Crippen LogP contribution in [0.1, 0.15) is 39.5 Å². The number of nitrogens with zero attached hydrogens (tertiary/aromatic N) is 6. The summed E-state index contributed by atoms with van der Waals surface area (Å²) in [4.78, 5) is 54.1. The van der Waals surface area contributed by atoms with Gasteiger partial charge in [-0.3, -0.25) is 14.4 Å². The number of nitrogens with two attached hydrogens (primary N) is 1. The van der Waals surface area contributed by atoms with Crippen LogP contribution in [0.25, 0.3) is 0 Å². The fraction of sp³-hybridized carbons (Fsp3) is 0.708. The van der Waals surface area contributed by atoms with Crippen molar-refractivity contribution >= 4 is 30.8 Å². The summed E-state index contributed by atoms with van der Waals surface area (Å²) in [6, 6.07) is -0.595.